The zero-order chi connectivity index (χ0) is 17.0. The SMILES string of the molecule is NC(CN1CCC(O)CC1)C(=O)[N+]1(C2CCNCC2)CCCCC1. The summed E-state index contributed by atoms with van der Waals surface area (Å²) >= 11 is 0. The molecule has 3 saturated heterocycles. The lowest BCUT2D eigenvalue weighted by Crippen LogP contribution is -2.68. The number of aliphatic hydroxyl groups is 1. The highest BCUT2D eigenvalue weighted by Gasteiger charge is 2.47. The van der Waals surface area contributed by atoms with Crippen molar-refractivity contribution in [2.75, 3.05) is 45.8 Å². The third-order valence-corrected chi connectivity index (χ3v) is 6.39. The van der Waals surface area contributed by atoms with Crippen LogP contribution < -0.4 is 11.1 Å². The Morgan fingerprint density at radius 1 is 1.12 bits per heavy atom. The molecule has 3 heterocycles. The van der Waals surface area contributed by atoms with Gasteiger partial charge in [0.05, 0.1) is 25.2 Å². The van der Waals surface area contributed by atoms with Crippen LogP contribution in [-0.4, -0.2) is 84.4 Å². The fourth-order valence-electron chi connectivity index (χ4n) is 4.93. The molecule has 0 saturated carbocycles. The first-order valence-electron chi connectivity index (χ1n) is 9.90. The minimum absolute atomic E-state index is 0.177. The largest absolute Gasteiger partial charge is 0.393 e. The Labute approximate surface area is 146 Å². The van der Waals surface area contributed by atoms with Crippen LogP contribution in [0.25, 0.3) is 0 Å². The molecular formula is C18H35N4O2+. The first kappa shape index (κ1) is 18.3. The molecule has 0 bridgehead atoms. The third kappa shape index (κ3) is 3.99. The number of aliphatic hydroxyl groups excluding tert-OH is 1. The van der Waals surface area contributed by atoms with E-state index in [-0.39, 0.29) is 12.0 Å². The van der Waals surface area contributed by atoms with Crippen molar-refractivity contribution >= 4 is 5.91 Å². The molecule has 3 aliphatic heterocycles. The van der Waals surface area contributed by atoms with Crippen LogP contribution in [0.2, 0.25) is 0 Å². The molecular weight excluding hydrogens is 304 g/mol. The second kappa shape index (κ2) is 8.23. The molecule has 3 rings (SSSR count). The Morgan fingerprint density at radius 2 is 1.75 bits per heavy atom. The summed E-state index contributed by atoms with van der Waals surface area (Å²) in [5, 5.41) is 13.1. The van der Waals surface area contributed by atoms with Crippen LogP contribution in [0.5, 0.6) is 0 Å². The van der Waals surface area contributed by atoms with Gasteiger partial charge in [0.1, 0.15) is 6.04 Å². The van der Waals surface area contributed by atoms with Gasteiger partial charge in [-0.3, -0.25) is 4.48 Å². The van der Waals surface area contributed by atoms with Crippen molar-refractivity contribution in [1.29, 1.82) is 0 Å². The molecule has 0 radical (unpaired) electrons. The summed E-state index contributed by atoms with van der Waals surface area (Å²) in [6, 6.07) is 0.0570. The zero-order valence-corrected chi connectivity index (χ0v) is 15.0. The maximum atomic E-state index is 13.4. The van der Waals surface area contributed by atoms with E-state index in [1.165, 1.54) is 6.42 Å². The van der Waals surface area contributed by atoms with Gasteiger partial charge in [-0.25, -0.2) is 4.79 Å². The number of carbonyl (C=O) groups excluding carboxylic acids is 1. The van der Waals surface area contributed by atoms with Crippen molar-refractivity contribution in [3.8, 4) is 0 Å². The second-order valence-electron chi connectivity index (χ2n) is 8.00. The van der Waals surface area contributed by atoms with Crippen molar-refractivity contribution in [2.45, 2.75) is 63.1 Å². The number of hydrogen-bond acceptors (Lipinski definition) is 5. The Hall–Kier alpha value is -0.530. The maximum Gasteiger partial charge on any atom is 0.332 e. The number of nitrogens with one attached hydrogen (secondary N) is 1. The summed E-state index contributed by atoms with van der Waals surface area (Å²) in [6.07, 6.45) is 7.16. The van der Waals surface area contributed by atoms with Crippen LogP contribution in [0.4, 0.5) is 0 Å². The number of amides is 1. The molecule has 24 heavy (non-hydrogen) atoms. The fourth-order valence-corrected chi connectivity index (χ4v) is 4.93. The zero-order valence-electron chi connectivity index (χ0n) is 15.0. The molecule has 6 heteroatoms. The van der Waals surface area contributed by atoms with Gasteiger partial charge in [0.2, 0.25) is 0 Å². The number of piperidine rings is 3. The minimum Gasteiger partial charge on any atom is -0.393 e. The lowest BCUT2D eigenvalue weighted by atomic mass is 9.94. The van der Waals surface area contributed by atoms with Crippen LogP contribution in [-0.2, 0) is 4.79 Å². The van der Waals surface area contributed by atoms with Crippen molar-refractivity contribution < 1.29 is 14.4 Å². The summed E-state index contributed by atoms with van der Waals surface area (Å²) in [4.78, 5) is 15.7. The highest BCUT2D eigenvalue weighted by atomic mass is 16.3. The molecule has 0 spiro atoms. The molecule has 0 aromatic carbocycles. The van der Waals surface area contributed by atoms with E-state index in [4.69, 9.17) is 5.73 Å². The molecule has 3 fully saturated rings. The molecule has 1 unspecified atom stereocenters. The molecule has 0 aromatic rings. The standard InChI is InChI=1S/C18H35N4O2/c19-17(14-21-10-6-16(23)7-11-21)18(24)22(12-2-1-3-13-22)15-4-8-20-9-5-15/h15-17,20,23H,1-14,19H2/q+1. The van der Waals surface area contributed by atoms with E-state index in [1.807, 2.05) is 0 Å². The number of likely N-dealkylation sites (tertiary alicyclic amines) is 2. The molecule has 0 aromatic heterocycles. The number of hydrogen-bond donors (Lipinski definition) is 3. The Bertz CT molecular complexity index is 411. The summed E-state index contributed by atoms with van der Waals surface area (Å²) in [6.45, 7) is 6.38. The van der Waals surface area contributed by atoms with Gasteiger partial charge in [0.15, 0.2) is 0 Å². The normalized spacial score (nSPS) is 28.6. The van der Waals surface area contributed by atoms with Crippen molar-refractivity contribution in [3.05, 3.63) is 0 Å². The fraction of sp³-hybridized carbons (Fsp3) is 0.944. The molecule has 3 aliphatic rings. The summed E-state index contributed by atoms with van der Waals surface area (Å²) < 4.78 is 0.638. The molecule has 1 amide bonds. The highest BCUT2D eigenvalue weighted by Crippen LogP contribution is 2.29. The van der Waals surface area contributed by atoms with E-state index in [0.29, 0.717) is 17.1 Å². The lowest BCUT2D eigenvalue weighted by Gasteiger charge is -2.47. The van der Waals surface area contributed by atoms with Gasteiger partial charge in [-0.15, -0.1) is 0 Å². The highest BCUT2D eigenvalue weighted by molar-refractivity contribution is 5.75. The topological polar surface area (TPSA) is 78.6 Å². The van der Waals surface area contributed by atoms with Gasteiger partial charge >= 0.3 is 5.91 Å². The average Bonchev–Trinajstić information content (AvgIpc) is 2.64. The number of rotatable bonds is 4. The van der Waals surface area contributed by atoms with Crippen molar-refractivity contribution in [3.63, 3.8) is 0 Å². The predicted octanol–water partition coefficient (Wildman–Crippen LogP) is 0.0497. The predicted molar refractivity (Wildman–Crippen MR) is 94.4 cm³/mol. The number of nitrogens with two attached hydrogens (primary N) is 1. The first-order chi connectivity index (χ1) is 11.6. The monoisotopic (exact) mass is 339 g/mol. The lowest BCUT2D eigenvalue weighted by molar-refractivity contribution is -0.886. The van der Waals surface area contributed by atoms with E-state index < -0.39 is 6.04 Å². The molecule has 6 nitrogen and oxygen atoms in total. The summed E-state index contributed by atoms with van der Waals surface area (Å²) in [7, 11) is 0. The summed E-state index contributed by atoms with van der Waals surface area (Å²) in [5.41, 5.74) is 6.42. The van der Waals surface area contributed by atoms with Crippen LogP contribution in [0.3, 0.4) is 0 Å². The van der Waals surface area contributed by atoms with E-state index in [0.717, 1.165) is 77.8 Å². The Kier molecular flexibility index (Phi) is 6.27. The third-order valence-electron chi connectivity index (χ3n) is 6.39. The van der Waals surface area contributed by atoms with Crippen molar-refractivity contribution in [1.82, 2.24) is 10.2 Å². The van der Waals surface area contributed by atoms with E-state index in [9.17, 15) is 9.90 Å². The second-order valence-corrected chi connectivity index (χ2v) is 8.00. The molecule has 138 valence electrons. The molecule has 4 N–H and O–H groups in total. The van der Waals surface area contributed by atoms with Gasteiger partial charge in [-0.05, 0) is 32.1 Å². The van der Waals surface area contributed by atoms with Crippen LogP contribution in [0.15, 0.2) is 0 Å². The summed E-state index contributed by atoms with van der Waals surface area (Å²) in [5.74, 6) is 0.271. The molecule has 1 atom stereocenters. The van der Waals surface area contributed by atoms with Gasteiger partial charge in [0, 0.05) is 45.6 Å². The van der Waals surface area contributed by atoms with Crippen LogP contribution in [0.1, 0.15) is 44.9 Å². The van der Waals surface area contributed by atoms with E-state index in [2.05, 4.69) is 10.2 Å². The van der Waals surface area contributed by atoms with Crippen molar-refractivity contribution in [2.24, 2.45) is 5.73 Å². The molecule has 0 aliphatic carbocycles. The van der Waals surface area contributed by atoms with E-state index in [1.54, 1.807) is 0 Å². The first-order valence-corrected chi connectivity index (χ1v) is 9.90. The van der Waals surface area contributed by atoms with E-state index >= 15 is 0 Å². The number of nitrogens with zero attached hydrogens (tertiary/aromatic N) is 2. The Morgan fingerprint density at radius 3 is 2.38 bits per heavy atom. The van der Waals surface area contributed by atoms with Gasteiger partial charge in [-0.1, -0.05) is 0 Å². The maximum absolute atomic E-state index is 13.4. The Balaban J connectivity index is 1.66. The van der Waals surface area contributed by atoms with Gasteiger partial charge < -0.3 is 21.1 Å². The number of carbonyl (C=O) groups is 1. The number of quaternary nitrogens is 1. The van der Waals surface area contributed by atoms with Crippen LogP contribution >= 0.6 is 0 Å². The smallest absolute Gasteiger partial charge is 0.332 e. The quantitative estimate of drug-likeness (QED) is 0.631. The van der Waals surface area contributed by atoms with Gasteiger partial charge in [0.25, 0.3) is 0 Å². The minimum atomic E-state index is -0.395. The van der Waals surface area contributed by atoms with Gasteiger partial charge in [-0.2, -0.15) is 0 Å². The average molecular weight is 340 g/mol. The van der Waals surface area contributed by atoms with Crippen LogP contribution in [0, 0.1) is 0 Å².